The Bertz CT molecular complexity index is 1060. The van der Waals surface area contributed by atoms with Crippen LogP contribution in [-0.2, 0) is 6.54 Å². The summed E-state index contributed by atoms with van der Waals surface area (Å²) < 4.78 is 17.4. The maximum atomic E-state index is 13.9. The summed E-state index contributed by atoms with van der Waals surface area (Å²) in [4.78, 5) is 2.02. The summed E-state index contributed by atoms with van der Waals surface area (Å²) in [7, 11) is 3.97. The first-order chi connectivity index (χ1) is 12.6. The maximum absolute atomic E-state index is 13.9. The first-order valence-corrected chi connectivity index (χ1v) is 8.11. The van der Waals surface area contributed by atoms with Crippen LogP contribution in [-0.4, -0.2) is 39.3 Å². The molecule has 0 radical (unpaired) electrons. The van der Waals surface area contributed by atoms with Crippen LogP contribution < -0.4 is 21.9 Å². The average Bonchev–Trinajstić information content (AvgIpc) is 3.07. The topological polar surface area (TPSA) is 63.6 Å². The summed E-state index contributed by atoms with van der Waals surface area (Å²) in [6.07, 6.45) is 5.50. The van der Waals surface area contributed by atoms with Crippen molar-refractivity contribution < 1.29 is 21.4 Å². The van der Waals surface area contributed by atoms with Crippen molar-refractivity contribution >= 4 is 16.7 Å². The third-order valence-electron chi connectivity index (χ3n) is 4.18. The van der Waals surface area contributed by atoms with Gasteiger partial charge in [-0.25, -0.2) is 13.6 Å². The highest BCUT2D eigenvalue weighted by atomic mass is 35.5. The molecule has 0 unspecified atom stereocenters. The second kappa shape index (κ2) is 7.63. The number of halogens is 2. The van der Waals surface area contributed by atoms with Crippen molar-refractivity contribution in [3.63, 3.8) is 0 Å². The molecule has 4 rings (SSSR count). The molecule has 0 saturated carbocycles. The number of fused-ring (bicyclic) bond motifs is 1. The van der Waals surface area contributed by atoms with Crippen LogP contribution in [0, 0.1) is 5.82 Å². The highest BCUT2D eigenvalue weighted by Gasteiger charge is 2.20. The first kappa shape index (κ1) is 18.7. The van der Waals surface area contributed by atoms with Gasteiger partial charge in [0.25, 0.3) is 0 Å². The van der Waals surface area contributed by atoms with Gasteiger partial charge in [-0.1, -0.05) is 23.3 Å². The van der Waals surface area contributed by atoms with E-state index >= 15 is 0 Å². The molecular weight excluding hydrogens is 369 g/mol. The largest absolute Gasteiger partial charge is 1.00 e. The van der Waals surface area contributed by atoms with Gasteiger partial charge in [0.15, 0.2) is 5.65 Å². The van der Waals surface area contributed by atoms with Gasteiger partial charge in [0.05, 0.1) is 30.3 Å². The second-order valence-corrected chi connectivity index (χ2v) is 6.10. The van der Waals surface area contributed by atoms with E-state index in [-0.39, 0.29) is 24.8 Å². The van der Waals surface area contributed by atoms with Crippen LogP contribution in [0.2, 0.25) is 0 Å². The number of nitrogens with zero attached hydrogens (tertiary/aromatic N) is 7. The predicted molar refractivity (Wildman–Crippen MR) is 94.5 cm³/mol. The number of anilines is 1. The van der Waals surface area contributed by atoms with Crippen LogP contribution in [0.25, 0.3) is 16.9 Å². The van der Waals surface area contributed by atoms with Crippen LogP contribution in [0.5, 0.6) is 0 Å². The van der Waals surface area contributed by atoms with Crippen LogP contribution in [0.1, 0.15) is 5.56 Å². The van der Waals surface area contributed by atoms with E-state index in [0.29, 0.717) is 17.0 Å². The fraction of sp³-hybridized carbons (Fsp3) is 0.167. The van der Waals surface area contributed by atoms with Crippen molar-refractivity contribution in [2.75, 3.05) is 19.0 Å². The molecule has 0 aliphatic carbocycles. The number of hydrogen-bond donors (Lipinski definition) is 0. The number of rotatable bonds is 4. The lowest BCUT2D eigenvalue weighted by Crippen LogP contribution is -3.00. The molecule has 3 aromatic heterocycles. The molecule has 138 valence electrons. The van der Waals surface area contributed by atoms with Crippen LogP contribution in [0.3, 0.4) is 0 Å². The highest BCUT2D eigenvalue weighted by molar-refractivity contribution is 5.79. The first-order valence-electron chi connectivity index (χ1n) is 8.11. The van der Waals surface area contributed by atoms with E-state index in [1.807, 2.05) is 48.1 Å². The van der Waals surface area contributed by atoms with E-state index in [9.17, 15) is 4.39 Å². The van der Waals surface area contributed by atoms with Gasteiger partial charge in [-0.05, 0) is 6.07 Å². The Hall–Kier alpha value is -3.13. The lowest BCUT2D eigenvalue weighted by atomic mass is 10.2. The molecule has 0 amide bonds. The Morgan fingerprint density at radius 3 is 2.52 bits per heavy atom. The van der Waals surface area contributed by atoms with Crippen LogP contribution in [0.4, 0.5) is 10.1 Å². The highest BCUT2D eigenvalue weighted by Crippen LogP contribution is 2.16. The fourth-order valence-corrected chi connectivity index (χ4v) is 2.76. The predicted octanol–water partition coefficient (Wildman–Crippen LogP) is -1.24. The van der Waals surface area contributed by atoms with Crippen molar-refractivity contribution in [1.29, 1.82) is 0 Å². The minimum absolute atomic E-state index is 0. The third-order valence-corrected chi connectivity index (χ3v) is 4.18. The Balaban J connectivity index is 0.00000210. The van der Waals surface area contributed by atoms with Crippen LogP contribution >= 0.6 is 0 Å². The zero-order valence-electron chi connectivity index (χ0n) is 14.8. The molecular formula is C18H17ClFN7. The fourth-order valence-electron chi connectivity index (χ4n) is 2.76. The normalized spacial score (nSPS) is 10.6. The Kier molecular flexibility index (Phi) is 5.27. The number of aromatic nitrogens is 6. The van der Waals surface area contributed by atoms with Gasteiger partial charge in [-0.2, -0.15) is 5.10 Å². The molecule has 4 aromatic rings. The average molecular weight is 386 g/mol. The summed E-state index contributed by atoms with van der Waals surface area (Å²) in [5.74, 6) is 0.354. The zero-order valence-corrected chi connectivity index (χ0v) is 15.5. The van der Waals surface area contributed by atoms with Crippen molar-refractivity contribution in [3.05, 3.63) is 66.4 Å². The van der Waals surface area contributed by atoms with Gasteiger partial charge in [0.1, 0.15) is 16.3 Å². The Morgan fingerprint density at radius 1 is 1.07 bits per heavy atom. The number of hydrogen-bond acceptors (Lipinski definition) is 5. The maximum Gasteiger partial charge on any atom is 0.369 e. The van der Waals surface area contributed by atoms with E-state index in [2.05, 4.69) is 20.5 Å². The standard InChI is InChI=1S/C18H17FN7.ClH/c1-24(2)14-7-9-25(10-8-14)17-15-11-20-26(18(15)22-23-21-17)12-13-5-3-4-6-16(13)19;/h3-11H,12H2,1-2H3;1H/q+1;/p-1. The van der Waals surface area contributed by atoms with Crippen molar-refractivity contribution in [2.45, 2.75) is 6.54 Å². The molecule has 0 spiro atoms. The monoisotopic (exact) mass is 385 g/mol. The van der Waals surface area contributed by atoms with Crippen molar-refractivity contribution in [2.24, 2.45) is 0 Å². The minimum atomic E-state index is -0.271. The Morgan fingerprint density at radius 2 is 1.81 bits per heavy atom. The summed E-state index contributed by atoms with van der Waals surface area (Å²) in [6, 6.07) is 10.6. The molecule has 0 aliphatic heterocycles. The molecule has 0 saturated heterocycles. The van der Waals surface area contributed by atoms with Gasteiger partial charge < -0.3 is 17.3 Å². The molecule has 27 heavy (non-hydrogen) atoms. The van der Waals surface area contributed by atoms with Gasteiger partial charge in [-0.3, -0.25) is 0 Å². The third kappa shape index (κ3) is 3.56. The molecule has 0 N–H and O–H groups in total. The zero-order chi connectivity index (χ0) is 18.1. The second-order valence-electron chi connectivity index (χ2n) is 6.10. The minimum Gasteiger partial charge on any atom is -1.00 e. The molecule has 1 aromatic carbocycles. The summed E-state index contributed by atoms with van der Waals surface area (Å²) in [5.41, 5.74) is 2.18. The van der Waals surface area contributed by atoms with Gasteiger partial charge >= 0.3 is 5.82 Å². The summed E-state index contributed by atoms with van der Waals surface area (Å²) in [5, 5.41) is 17.2. The SMILES string of the molecule is CN(C)c1cc[n+](-c2nnnc3c2cnn3Cc2ccccc2F)cc1.[Cl-]. The van der Waals surface area contributed by atoms with Gasteiger partial charge in [0, 0.05) is 37.5 Å². The molecule has 0 bridgehead atoms. The van der Waals surface area contributed by atoms with E-state index in [1.54, 1.807) is 29.1 Å². The molecule has 7 nitrogen and oxygen atoms in total. The van der Waals surface area contributed by atoms with Crippen molar-refractivity contribution in [1.82, 2.24) is 25.2 Å². The molecule has 3 heterocycles. The number of pyridine rings is 1. The summed E-state index contributed by atoms with van der Waals surface area (Å²) >= 11 is 0. The quantitative estimate of drug-likeness (QED) is 0.411. The van der Waals surface area contributed by atoms with E-state index in [0.717, 1.165) is 11.1 Å². The molecule has 0 fully saturated rings. The van der Waals surface area contributed by atoms with Gasteiger partial charge in [-0.15, -0.1) is 0 Å². The van der Waals surface area contributed by atoms with E-state index < -0.39 is 0 Å². The lowest BCUT2D eigenvalue weighted by molar-refractivity contribution is -0.598. The lowest BCUT2D eigenvalue weighted by Gasteiger charge is -2.10. The summed E-state index contributed by atoms with van der Waals surface area (Å²) in [6.45, 7) is 0.276. The van der Waals surface area contributed by atoms with Crippen molar-refractivity contribution in [3.8, 4) is 5.82 Å². The van der Waals surface area contributed by atoms with Crippen LogP contribution in [0.15, 0.2) is 55.0 Å². The molecule has 0 atom stereocenters. The van der Waals surface area contributed by atoms with E-state index in [1.165, 1.54) is 6.07 Å². The molecule has 0 aliphatic rings. The van der Waals surface area contributed by atoms with Gasteiger partial charge in [0.2, 0.25) is 0 Å². The smallest absolute Gasteiger partial charge is 0.369 e. The number of benzene rings is 1. The Labute approximate surface area is 161 Å². The molecule has 9 heteroatoms. The van der Waals surface area contributed by atoms with E-state index in [4.69, 9.17) is 0 Å².